The molecule has 0 N–H and O–H groups in total. The zero-order valence-electron chi connectivity index (χ0n) is 12.2. The lowest BCUT2D eigenvalue weighted by atomic mass is 10.1. The zero-order valence-corrected chi connectivity index (χ0v) is 12.2. The molecule has 21 heavy (non-hydrogen) atoms. The van der Waals surface area contributed by atoms with Crippen molar-refractivity contribution in [3.05, 3.63) is 48.4 Å². The van der Waals surface area contributed by atoms with Crippen LogP contribution in [0.2, 0.25) is 0 Å². The number of nitrogens with zero attached hydrogens (tertiary/aromatic N) is 4. The topological polar surface area (TPSA) is 51.0 Å². The third-order valence-corrected chi connectivity index (χ3v) is 3.46. The minimum Gasteiger partial charge on any atom is -0.345 e. The maximum Gasteiger partial charge on any atom is 0.254 e. The van der Waals surface area contributed by atoms with Gasteiger partial charge >= 0.3 is 0 Å². The Labute approximate surface area is 122 Å². The number of aryl methyl sites for hydroxylation is 1. The smallest absolute Gasteiger partial charge is 0.254 e. The standard InChI is InChI=1S/C16H16N4O/c1-19(2)16(21)11-4-5-14(18-10-11)12-6-8-17-15-13(12)7-9-20(15)3/h4-10H,1-3H3. The Morgan fingerprint density at radius 3 is 2.62 bits per heavy atom. The number of rotatable bonds is 2. The number of amides is 1. The van der Waals surface area contributed by atoms with Gasteiger partial charge in [0, 0.05) is 50.7 Å². The van der Waals surface area contributed by atoms with Crippen molar-refractivity contribution in [1.29, 1.82) is 0 Å². The monoisotopic (exact) mass is 280 g/mol. The van der Waals surface area contributed by atoms with E-state index in [9.17, 15) is 4.79 Å². The maximum absolute atomic E-state index is 11.9. The van der Waals surface area contributed by atoms with E-state index in [0.717, 1.165) is 22.3 Å². The van der Waals surface area contributed by atoms with E-state index >= 15 is 0 Å². The van der Waals surface area contributed by atoms with Gasteiger partial charge in [-0.15, -0.1) is 0 Å². The molecular formula is C16H16N4O. The fourth-order valence-corrected chi connectivity index (χ4v) is 2.33. The molecule has 0 atom stereocenters. The van der Waals surface area contributed by atoms with Crippen molar-refractivity contribution < 1.29 is 4.79 Å². The fraction of sp³-hybridized carbons (Fsp3) is 0.188. The van der Waals surface area contributed by atoms with Crippen LogP contribution < -0.4 is 0 Å². The first-order chi connectivity index (χ1) is 10.1. The van der Waals surface area contributed by atoms with Crippen molar-refractivity contribution >= 4 is 16.9 Å². The van der Waals surface area contributed by atoms with Gasteiger partial charge in [-0.25, -0.2) is 4.98 Å². The van der Waals surface area contributed by atoms with Crippen molar-refractivity contribution in [3.63, 3.8) is 0 Å². The van der Waals surface area contributed by atoms with Crippen LogP contribution in [-0.4, -0.2) is 39.4 Å². The lowest BCUT2D eigenvalue weighted by Crippen LogP contribution is -2.21. The van der Waals surface area contributed by atoms with Gasteiger partial charge in [0.2, 0.25) is 0 Å². The molecule has 5 nitrogen and oxygen atoms in total. The van der Waals surface area contributed by atoms with Gasteiger partial charge in [0.25, 0.3) is 5.91 Å². The largest absolute Gasteiger partial charge is 0.345 e. The number of carbonyl (C=O) groups excluding carboxylic acids is 1. The number of hydrogen-bond donors (Lipinski definition) is 0. The Morgan fingerprint density at radius 2 is 1.95 bits per heavy atom. The molecule has 0 radical (unpaired) electrons. The summed E-state index contributed by atoms with van der Waals surface area (Å²) in [6.07, 6.45) is 5.37. The molecule has 5 heteroatoms. The van der Waals surface area contributed by atoms with Gasteiger partial charge in [0.1, 0.15) is 5.65 Å². The molecule has 0 aliphatic heterocycles. The quantitative estimate of drug-likeness (QED) is 0.724. The summed E-state index contributed by atoms with van der Waals surface area (Å²) in [5, 5.41) is 1.05. The molecule has 0 spiro atoms. The van der Waals surface area contributed by atoms with Crippen LogP contribution >= 0.6 is 0 Å². The first-order valence-electron chi connectivity index (χ1n) is 6.66. The van der Waals surface area contributed by atoms with E-state index in [1.165, 1.54) is 0 Å². The van der Waals surface area contributed by atoms with E-state index in [2.05, 4.69) is 9.97 Å². The summed E-state index contributed by atoms with van der Waals surface area (Å²) >= 11 is 0. The number of fused-ring (bicyclic) bond motifs is 1. The highest BCUT2D eigenvalue weighted by Gasteiger charge is 2.11. The highest BCUT2D eigenvalue weighted by Crippen LogP contribution is 2.26. The molecule has 0 aromatic carbocycles. The van der Waals surface area contributed by atoms with Crippen molar-refractivity contribution in [2.75, 3.05) is 14.1 Å². The van der Waals surface area contributed by atoms with Crippen LogP contribution in [0.4, 0.5) is 0 Å². The molecule has 3 aromatic heterocycles. The number of aromatic nitrogens is 3. The molecule has 3 rings (SSSR count). The van der Waals surface area contributed by atoms with E-state index in [-0.39, 0.29) is 5.91 Å². The van der Waals surface area contributed by atoms with Gasteiger partial charge in [-0.3, -0.25) is 9.78 Å². The van der Waals surface area contributed by atoms with Gasteiger partial charge < -0.3 is 9.47 Å². The summed E-state index contributed by atoms with van der Waals surface area (Å²) in [5.41, 5.74) is 3.36. The molecule has 3 heterocycles. The molecule has 1 amide bonds. The number of carbonyl (C=O) groups is 1. The fourth-order valence-electron chi connectivity index (χ4n) is 2.33. The van der Waals surface area contributed by atoms with Crippen molar-refractivity contribution in [3.8, 4) is 11.3 Å². The van der Waals surface area contributed by atoms with Gasteiger partial charge in [-0.05, 0) is 24.3 Å². The summed E-state index contributed by atoms with van der Waals surface area (Å²) in [7, 11) is 5.42. The Balaban J connectivity index is 2.05. The molecule has 0 fully saturated rings. The molecule has 0 bridgehead atoms. The van der Waals surface area contributed by atoms with E-state index in [0.29, 0.717) is 5.56 Å². The predicted octanol–water partition coefficient (Wildman–Crippen LogP) is 2.34. The summed E-state index contributed by atoms with van der Waals surface area (Å²) < 4.78 is 1.97. The molecule has 3 aromatic rings. The lowest BCUT2D eigenvalue weighted by Gasteiger charge is -2.10. The van der Waals surface area contributed by atoms with E-state index in [1.807, 2.05) is 36.0 Å². The third kappa shape index (κ3) is 2.27. The molecule has 106 valence electrons. The summed E-state index contributed by atoms with van der Waals surface area (Å²) in [5.74, 6) is -0.0476. The zero-order chi connectivity index (χ0) is 15.0. The van der Waals surface area contributed by atoms with Crippen LogP contribution in [0.15, 0.2) is 42.9 Å². The lowest BCUT2D eigenvalue weighted by molar-refractivity contribution is 0.0827. The Morgan fingerprint density at radius 1 is 1.14 bits per heavy atom. The molecule has 0 aliphatic rings. The Hall–Kier alpha value is -2.69. The Kier molecular flexibility index (Phi) is 3.17. The molecule has 0 unspecified atom stereocenters. The van der Waals surface area contributed by atoms with Crippen LogP contribution in [0.25, 0.3) is 22.3 Å². The number of pyridine rings is 2. The van der Waals surface area contributed by atoms with Gasteiger partial charge in [0.15, 0.2) is 0 Å². The van der Waals surface area contributed by atoms with Crippen LogP contribution in [-0.2, 0) is 7.05 Å². The predicted molar refractivity (Wildman–Crippen MR) is 82.0 cm³/mol. The van der Waals surface area contributed by atoms with E-state index < -0.39 is 0 Å². The van der Waals surface area contributed by atoms with Gasteiger partial charge in [0.05, 0.1) is 11.3 Å². The van der Waals surface area contributed by atoms with Crippen LogP contribution in [0, 0.1) is 0 Å². The summed E-state index contributed by atoms with van der Waals surface area (Å²) in [6.45, 7) is 0. The molecular weight excluding hydrogens is 264 g/mol. The molecule has 0 saturated heterocycles. The van der Waals surface area contributed by atoms with E-state index in [4.69, 9.17) is 0 Å². The summed E-state index contributed by atoms with van der Waals surface area (Å²) in [4.78, 5) is 22.2. The molecule has 0 saturated carbocycles. The van der Waals surface area contributed by atoms with Gasteiger partial charge in [-0.2, -0.15) is 0 Å². The van der Waals surface area contributed by atoms with Crippen LogP contribution in [0.3, 0.4) is 0 Å². The average molecular weight is 280 g/mol. The van der Waals surface area contributed by atoms with E-state index in [1.54, 1.807) is 37.5 Å². The average Bonchev–Trinajstić information content (AvgIpc) is 2.88. The third-order valence-electron chi connectivity index (χ3n) is 3.46. The molecule has 0 aliphatic carbocycles. The normalized spacial score (nSPS) is 10.8. The highest BCUT2D eigenvalue weighted by molar-refractivity contribution is 5.95. The minimum absolute atomic E-state index is 0.0476. The van der Waals surface area contributed by atoms with Crippen LogP contribution in [0.1, 0.15) is 10.4 Å². The van der Waals surface area contributed by atoms with Crippen molar-refractivity contribution in [2.24, 2.45) is 7.05 Å². The minimum atomic E-state index is -0.0476. The SMILES string of the molecule is CN(C)C(=O)c1ccc(-c2ccnc3c2ccn3C)nc1. The highest BCUT2D eigenvalue weighted by atomic mass is 16.2. The van der Waals surface area contributed by atoms with Gasteiger partial charge in [-0.1, -0.05) is 0 Å². The first kappa shape index (κ1) is 13.3. The summed E-state index contributed by atoms with van der Waals surface area (Å²) in [6, 6.07) is 7.65. The maximum atomic E-state index is 11.9. The second-order valence-electron chi connectivity index (χ2n) is 5.15. The second kappa shape index (κ2) is 5.01. The first-order valence-corrected chi connectivity index (χ1v) is 6.66. The van der Waals surface area contributed by atoms with Crippen molar-refractivity contribution in [1.82, 2.24) is 19.4 Å². The number of hydrogen-bond acceptors (Lipinski definition) is 3. The Bertz CT molecular complexity index is 803. The van der Waals surface area contributed by atoms with Crippen molar-refractivity contribution in [2.45, 2.75) is 0 Å². The second-order valence-corrected chi connectivity index (χ2v) is 5.15. The van der Waals surface area contributed by atoms with Crippen LogP contribution in [0.5, 0.6) is 0 Å².